The highest BCUT2D eigenvalue weighted by molar-refractivity contribution is 5.01. The molecule has 0 bridgehead atoms. The van der Waals surface area contributed by atoms with Crippen LogP contribution < -0.4 is 5.32 Å². The summed E-state index contributed by atoms with van der Waals surface area (Å²) in [5.74, 6) is 0. The molecule has 0 spiro atoms. The fraction of sp³-hybridized carbons (Fsp3) is 0.750. The smallest absolute Gasteiger partial charge is 0.0922 e. The molecule has 0 amide bonds. The van der Waals surface area contributed by atoms with Crippen LogP contribution in [0.1, 0.15) is 39.8 Å². The van der Waals surface area contributed by atoms with E-state index in [1.165, 1.54) is 0 Å². The molecule has 0 aromatic carbocycles. The Labute approximate surface area is 96.8 Å². The molecule has 2 rings (SSSR count). The van der Waals surface area contributed by atoms with Crippen LogP contribution >= 0.6 is 0 Å². The van der Waals surface area contributed by atoms with E-state index in [2.05, 4.69) is 43.0 Å². The summed E-state index contributed by atoms with van der Waals surface area (Å²) in [6.07, 6.45) is 4.59. The summed E-state index contributed by atoms with van der Waals surface area (Å²) in [6, 6.07) is 0.380. The first-order valence-corrected chi connectivity index (χ1v) is 5.80. The fourth-order valence-electron chi connectivity index (χ4n) is 2.49. The average Bonchev–Trinajstić information content (AvgIpc) is 2.67. The van der Waals surface area contributed by atoms with Gasteiger partial charge in [0.15, 0.2) is 0 Å². The van der Waals surface area contributed by atoms with E-state index >= 15 is 0 Å². The highest BCUT2D eigenvalue weighted by Crippen LogP contribution is 2.37. The Morgan fingerprint density at radius 1 is 1.50 bits per heavy atom. The normalized spacial score (nSPS) is 27.1. The molecule has 1 aliphatic heterocycles. The predicted octanol–water partition coefficient (Wildman–Crippen LogP) is 1.85. The number of rotatable bonds is 3. The van der Waals surface area contributed by atoms with E-state index in [0.717, 1.165) is 18.7 Å². The fourth-order valence-corrected chi connectivity index (χ4v) is 2.49. The van der Waals surface area contributed by atoms with Gasteiger partial charge in [-0.3, -0.25) is 0 Å². The number of hydrogen-bond donors (Lipinski definition) is 2. The Kier molecular flexibility index (Phi) is 2.80. The van der Waals surface area contributed by atoms with Crippen LogP contribution in [0.25, 0.3) is 0 Å². The first-order chi connectivity index (χ1) is 7.39. The van der Waals surface area contributed by atoms with Crippen molar-refractivity contribution in [1.29, 1.82) is 0 Å². The van der Waals surface area contributed by atoms with Gasteiger partial charge in [-0.15, -0.1) is 0 Å². The molecule has 1 saturated heterocycles. The second-order valence-corrected chi connectivity index (χ2v) is 5.68. The molecule has 0 saturated carbocycles. The standard InChI is InChI=1S/C12H21N3O/c1-11(2)5-10(12(3,4)16-11)14-7-9-6-13-8-15-9/h6,8,10,14H,5,7H2,1-4H3,(H,13,15). The molecule has 2 heterocycles. The van der Waals surface area contributed by atoms with Gasteiger partial charge in [0, 0.05) is 24.5 Å². The van der Waals surface area contributed by atoms with Crippen molar-refractivity contribution < 1.29 is 4.74 Å². The first kappa shape index (κ1) is 11.6. The number of nitrogens with one attached hydrogen (secondary N) is 2. The zero-order valence-electron chi connectivity index (χ0n) is 10.5. The van der Waals surface area contributed by atoms with Gasteiger partial charge in [0.05, 0.1) is 17.5 Å². The third-order valence-corrected chi connectivity index (χ3v) is 3.17. The number of imidazole rings is 1. The van der Waals surface area contributed by atoms with E-state index in [1.807, 2.05) is 6.20 Å². The predicted molar refractivity (Wildman–Crippen MR) is 63.1 cm³/mol. The Morgan fingerprint density at radius 2 is 2.25 bits per heavy atom. The summed E-state index contributed by atoms with van der Waals surface area (Å²) in [7, 11) is 0. The number of H-pyrrole nitrogens is 1. The minimum atomic E-state index is -0.108. The number of aromatic nitrogens is 2. The van der Waals surface area contributed by atoms with Crippen molar-refractivity contribution in [3.63, 3.8) is 0 Å². The third-order valence-electron chi connectivity index (χ3n) is 3.17. The van der Waals surface area contributed by atoms with Crippen molar-refractivity contribution in [3.05, 3.63) is 18.2 Å². The summed E-state index contributed by atoms with van der Waals surface area (Å²) in [6.45, 7) is 9.39. The molecular weight excluding hydrogens is 202 g/mol. The zero-order chi connectivity index (χ0) is 11.8. The second kappa shape index (κ2) is 3.86. The van der Waals surface area contributed by atoms with Gasteiger partial charge in [0.2, 0.25) is 0 Å². The van der Waals surface area contributed by atoms with Crippen LogP contribution in [-0.4, -0.2) is 27.2 Å². The van der Waals surface area contributed by atoms with E-state index in [9.17, 15) is 0 Å². The molecule has 1 aliphatic rings. The average molecular weight is 223 g/mol. The van der Waals surface area contributed by atoms with Crippen LogP contribution in [0.2, 0.25) is 0 Å². The number of hydrogen-bond acceptors (Lipinski definition) is 3. The molecule has 0 radical (unpaired) electrons. The Hall–Kier alpha value is -0.870. The number of ether oxygens (including phenoxy) is 1. The molecule has 1 unspecified atom stereocenters. The highest BCUT2D eigenvalue weighted by atomic mass is 16.5. The molecule has 0 aliphatic carbocycles. The molecule has 1 fully saturated rings. The highest BCUT2D eigenvalue weighted by Gasteiger charge is 2.45. The van der Waals surface area contributed by atoms with Crippen molar-refractivity contribution >= 4 is 0 Å². The van der Waals surface area contributed by atoms with Crippen molar-refractivity contribution in [2.45, 2.75) is 57.9 Å². The van der Waals surface area contributed by atoms with E-state index in [0.29, 0.717) is 6.04 Å². The van der Waals surface area contributed by atoms with Crippen molar-refractivity contribution in [2.24, 2.45) is 0 Å². The van der Waals surface area contributed by atoms with E-state index in [1.54, 1.807) is 6.33 Å². The summed E-state index contributed by atoms with van der Waals surface area (Å²) in [5.41, 5.74) is 0.971. The Bertz CT molecular complexity index is 343. The number of nitrogens with zero attached hydrogens (tertiary/aromatic N) is 1. The topological polar surface area (TPSA) is 49.9 Å². The molecule has 90 valence electrons. The van der Waals surface area contributed by atoms with Gasteiger partial charge >= 0.3 is 0 Å². The van der Waals surface area contributed by atoms with E-state index in [-0.39, 0.29) is 11.2 Å². The summed E-state index contributed by atoms with van der Waals surface area (Å²) in [5, 5.41) is 3.53. The zero-order valence-corrected chi connectivity index (χ0v) is 10.5. The van der Waals surface area contributed by atoms with Gasteiger partial charge in [-0.05, 0) is 34.1 Å². The Morgan fingerprint density at radius 3 is 2.75 bits per heavy atom. The van der Waals surface area contributed by atoms with Crippen LogP contribution in [0.5, 0.6) is 0 Å². The molecule has 1 aromatic rings. The van der Waals surface area contributed by atoms with Crippen molar-refractivity contribution in [1.82, 2.24) is 15.3 Å². The molecule has 16 heavy (non-hydrogen) atoms. The Balaban J connectivity index is 1.95. The van der Waals surface area contributed by atoms with Gasteiger partial charge < -0.3 is 15.0 Å². The van der Waals surface area contributed by atoms with Gasteiger partial charge in [0.25, 0.3) is 0 Å². The minimum absolute atomic E-state index is 0.0326. The maximum atomic E-state index is 6.03. The lowest BCUT2D eigenvalue weighted by Gasteiger charge is -2.27. The molecule has 4 nitrogen and oxygen atoms in total. The maximum Gasteiger partial charge on any atom is 0.0922 e. The maximum absolute atomic E-state index is 6.03. The third kappa shape index (κ3) is 2.44. The van der Waals surface area contributed by atoms with Crippen LogP contribution in [0.4, 0.5) is 0 Å². The summed E-state index contributed by atoms with van der Waals surface area (Å²) in [4.78, 5) is 7.10. The van der Waals surface area contributed by atoms with Gasteiger partial charge in [0.1, 0.15) is 0 Å². The second-order valence-electron chi connectivity index (χ2n) is 5.68. The molecule has 2 N–H and O–H groups in total. The molecule has 1 atom stereocenters. The minimum Gasteiger partial charge on any atom is -0.368 e. The van der Waals surface area contributed by atoms with Crippen molar-refractivity contribution in [3.8, 4) is 0 Å². The summed E-state index contributed by atoms with van der Waals surface area (Å²) < 4.78 is 6.03. The number of aromatic amines is 1. The summed E-state index contributed by atoms with van der Waals surface area (Å²) >= 11 is 0. The van der Waals surface area contributed by atoms with E-state index in [4.69, 9.17) is 4.74 Å². The van der Waals surface area contributed by atoms with Crippen LogP contribution in [-0.2, 0) is 11.3 Å². The van der Waals surface area contributed by atoms with Crippen LogP contribution in [0, 0.1) is 0 Å². The van der Waals surface area contributed by atoms with Gasteiger partial charge in [-0.25, -0.2) is 4.98 Å². The first-order valence-electron chi connectivity index (χ1n) is 5.80. The largest absolute Gasteiger partial charge is 0.368 e. The van der Waals surface area contributed by atoms with Gasteiger partial charge in [-0.1, -0.05) is 0 Å². The molecular formula is C12H21N3O. The lowest BCUT2D eigenvalue weighted by Crippen LogP contribution is -2.42. The van der Waals surface area contributed by atoms with Crippen molar-refractivity contribution in [2.75, 3.05) is 0 Å². The lowest BCUT2D eigenvalue weighted by atomic mass is 9.94. The quantitative estimate of drug-likeness (QED) is 0.822. The lowest BCUT2D eigenvalue weighted by molar-refractivity contribution is -0.0699. The van der Waals surface area contributed by atoms with Gasteiger partial charge in [-0.2, -0.15) is 0 Å². The van der Waals surface area contributed by atoms with Crippen LogP contribution in [0.3, 0.4) is 0 Å². The monoisotopic (exact) mass is 223 g/mol. The molecule has 4 heteroatoms. The van der Waals surface area contributed by atoms with Crippen LogP contribution in [0.15, 0.2) is 12.5 Å². The van der Waals surface area contributed by atoms with E-state index < -0.39 is 0 Å². The SMILES string of the molecule is CC1(C)CC(NCc2cnc[nH]2)C(C)(C)O1. The molecule has 1 aromatic heterocycles.